The lowest BCUT2D eigenvalue weighted by atomic mass is 10.2. The van der Waals surface area contributed by atoms with Crippen molar-refractivity contribution in [1.29, 1.82) is 0 Å². The minimum atomic E-state index is -0.724. The number of likely N-dealkylation sites (tertiary alicyclic amines) is 1. The van der Waals surface area contributed by atoms with Gasteiger partial charge in [0, 0.05) is 18.3 Å². The third kappa shape index (κ3) is 3.43. The third-order valence-corrected chi connectivity index (χ3v) is 3.69. The molecule has 1 aliphatic heterocycles. The monoisotopic (exact) mass is 307 g/mol. The van der Waals surface area contributed by atoms with Gasteiger partial charge in [0.1, 0.15) is 6.04 Å². The second-order valence-electron chi connectivity index (χ2n) is 5.10. The van der Waals surface area contributed by atoms with Gasteiger partial charge in [-0.2, -0.15) is 5.10 Å². The molecule has 1 saturated heterocycles. The molecule has 1 fully saturated rings. The van der Waals surface area contributed by atoms with Gasteiger partial charge >= 0.3 is 5.97 Å². The fourth-order valence-electron chi connectivity index (χ4n) is 2.69. The largest absolute Gasteiger partial charge is 0.480 e. The number of carboxylic acids is 1. The molecule has 2 heterocycles. The lowest BCUT2D eigenvalue weighted by molar-refractivity contribution is -0.142. The van der Waals surface area contributed by atoms with Gasteiger partial charge in [-0.25, -0.2) is 4.68 Å². The highest BCUT2D eigenvalue weighted by molar-refractivity contribution is 5.85. The number of hydrogen-bond acceptors (Lipinski definition) is 3. The molecule has 1 N–H and O–H groups in total. The fraction of sp³-hybridized carbons (Fsp3) is 0.333. The van der Waals surface area contributed by atoms with Gasteiger partial charge in [0.05, 0.1) is 11.9 Å². The van der Waals surface area contributed by atoms with Crippen molar-refractivity contribution in [1.82, 2.24) is 14.7 Å². The van der Waals surface area contributed by atoms with Gasteiger partial charge in [-0.3, -0.25) is 9.69 Å². The number of hydrogen-bond donors (Lipinski definition) is 1. The molecule has 0 bridgehead atoms. The zero-order valence-electron chi connectivity index (χ0n) is 11.6. The first kappa shape index (κ1) is 15.5. The first-order chi connectivity index (χ1) is 9.74. The van der Waals surface area contributed by atoms with Crippen LogP contribution in [0.4, 0.5) is 0 Å². The number of carboxylic acid groups (broad SMARTS) is 1. The van der Waals surface area contributed by atoms with Crippen LogP contribution < -0.4 is 0 Å². The highest BCUT2D eigenvalue weighted by atomic mass is 35.5. The van der Waals surface area contributed by atoms with Crippen LogP contribution in [0.1, 0.15) is 18.4 Å². The van der Waals surface area contributed by atoms with E-state index in [1.54, 1.807) is 0 Å². The van der Waals surface area contributed by atoms with E-state index in [9.17, 15) is 9.90 Å². The van der Waals surface area contributed by atoms with Crippen LogP contribution in [0.5, 0.6) is 0 Å². The highest BCUT2D eigenvalue weighted by Gasteiger charge is 2.30. The summed E-state index contributed by atoms with van der Waals surface area (Å²) in [4.78, 5) is 13.2. The van der Waals surface area contributed by atoms with Crippen LogP contribution in [-0.4, -0.2) is 38.3 Å². The summed E-state index contributed by atoms with van der Waals surface area (Å²) in [7, 11) is 0. The zero-order valence-corrected chi connectivity index (χ0v) is 12.4. The Morgan fingerprint density at radius 3 is 2.81 bits per heavy atom. The van der Waals surface area contributed by atoms with Gasteiger partial charge in [0.25, 0.3) is 0 Å². The number of rotatable bonds is 4. The van der Waals surface area contributed by atoms with E-state index in [0.29, 0.717) is 6.54 Å². The maximum atomic E-state index is 11.2. The normalized spacial score (nSPS) is 18.4. The van der Waals surface area contributed by atoms with E-state index < -0.39 is 5.97 Å². The number of benzene rings is 1. The number of halogens is 1. The Hall–Kier alpha value is -1.85. The van der Waals surface area contributed by atoms with E-state index in [-0.39, 0.29) is 18.4 Å². The first-order valence-electron chi connectivity index (χ1n) is 6.80. The SMILES string of the molecule is Cl.O=C(O)[C@H]1CCCN1Cc1cnn(-c2ccccc2)c1. The number of para-hydroxylation sites is 1. The summed E-state index contributed by atoms with van der Waals surface area (Å²) in [6.45, 7) is 1.48. The molecule has 1 atom stereocenters. The Morgan fingerprint density at radius 2 is 2.10 bits per heavy atom. The van der Waals surface area contributed by atoms with Crippen LogP contribution >= 0.6 is 12.4 Å². The van der Waals surface area contributed by atoms with Crippen LogP contribution in [-0.2, 0) is 11.3 Å². The predicted molar refractivity (Wildman–Crippen MR) is 81.9 cm³/mol. The van der Waals surface area contributed by atoms with E-state index in [0.717, 1.165) is 30.6 Å². The lowest BCUT2D eigenvalue weighted by Gasteiger charge is -2.19. The van der Waals surface area contributed by atoms with Crippen molar-refractivity contribution < 1.29 is 9.90 Å². The van der Waals surface area contributed by atoms with Crippen LogP contribution in [0.2, 0.25) is 0 Å². The summed E-state index contributed by atoms with van der Waals surface area (Å²) in [5.41, 5.74) is 2.05. The summed E-state index contributed by atoms with van der Waals surface area (Å²) in [6.07, 6.45) is 5.46. The predicted octanol–water partition coefficient (Wildman–Crippen LogP) is 2.34. The van der Waals surface area contributed by atoms with Gasteiger partial charge in [0.15, 0.2) is 0 Å². The summed E-state index contributed by atoms with van der Waals surface area (Å²) in [5.74, 6) is -0.724. The maximum absolute atomic E-state index is 11.2. The Labute approximate surface area is 129 Å². The Morgan fingerprint density at radius 1 is 1.33 bits per heavy atom. The molecule has 1 aliphatic rings. The average molecular weight is 308 g/mol. The molecule has 6 heteroatoms. The van der Waals surface area contributed by atoms with E-state index in [1.165, 1.54) is 0 Å². The number of carbonyl (C=O) groups is 1. The molecule has 5 nitrogen and oxygen atoms in total. The van der Waals surface area contributed by atoms with Crippen molar-refractivity contribution in [2.24, 2.45) is 0 Å². The van der Waals surface area contributed by atoms with Crippen molar-refractivity contribution in [3.8, 4) is 5.69 Å². The maximum Gasteiger partial charge on any atom is 0.320 e. The Bertz CT molecular complexity index is 600. The van der Waals surface area contributed by atoms with E-state index in [2.05, 4.69) is 5.10 Å². The fourth-order valence-corrected chi connectivity index (χ4v) is 2.69. The second-order valence-corrected chi connectivity index (χ2v) is 5.10. The standard InChI is InChI=1S/C15H17N3O2.ClH/c19-15(20)14-7-4-8-17(14)10-12-9-16-18(11-12)13-5-2-1-3-6-13;/h1-3,5-6,9,11,14H,4,7-8,10H2,(H,19,20);1H/t14-;/m1./s1. The molecular formula is C15H18ClN3O2. The molecule has 3 rings (SSSR count). The van der Waals surface area contributed by atoms with Crippen LogP contribution in [0.15, 0.2) is 42.7 Å². The molecule has 0 amide bonds. The van der Waals surface area contributed by atoms with Gasteiger partial charge in [0.2, 0.25) is 0 Å². The van der Waals surface area contributed by atoms with E-state index in [4.69, 9.17) is 0 Å². The van der Waals surface area contributed by atoms with Gasteiger partial charge in [-0.1, -0.05) is 18.2 Å². The number of aromatic nitrogens is 2. The summed E-state index contributed by atoms with van der Waals surface area (Å²) < 4.78 is 1.82. The van der Waals surface area contributed by atoms with E-state index >= 15 is 0 Å². The molecule has 0 unspecified atom stereocenters. The number of nitrogens with zero attached hydrogens (tertiary/aromatic N) is 3. The smallest absolute Gasteiger partial charge is 0.320 e. The zero-order chi connectivity index (χ0) is 13.9. The van der Waals surface area contributed by atoms with Crippen molar-refractivity contribution in [2.45, 2.75) is 25.4 Å². The minimum absolute atomic E-state index is 0. The molecular weight excluding hydrogens is 290 g/mol. The van der Waals surface area contributed by atoms with Crippen molar-refractivity contribution in [3.63, 3.8) is 0 Å². The molecule has 21 heavy (non-hydrogen) atoms. The summed E-state index contributed by atoms with van der Waals surface area (Å²) in [5, 5.41) is 13.5. The average Bonchev–Trinajstić information content (AvgIpc) is 3.09. The molecule has 2 aromatic rings. The Kier molecular flexibility index (Phi) is 4.98. The lowest BCUT2D eigenvalue weighted by Crippen LogP contribution is -2.35. The topological polar surface area (TPSA) is 58.4 Å². The van der Waals surface area contributed by atoms with Crippen molar-refractivity contribution >= 4 is 18.4 Å². The molecule has 1 aromatic heterocycles. The van der Waals surface area contributed by atoms with Gasteiger partial charge in [-0.15, -0.1) is 12.4 Å². The van der Waals surface area contributed by atoms with Gasteiger partial charge in [-0.05, 0) is 31.5 Å². The third-order valence-electron chi connectivity index (χ3n) is 3.69. The second kappa shape index (κ2) is 6.74. The molecule has 112 valence electrons. The summed E-state index contributed by atoms with van der Waals surface area (Å²) >= 11 is 0. The number of aliphatic carboxylic acids is 1. The van der Waals surface area contributed by atoms with Crippen LogP contribution in [0.3, 0.4) is 0 Å². The van der Waals surface area contributed by atoms with Crippen molar-refractivity contribution in [3.05, 3.63) is 48.3 Å². The summed E-state index contributed by atoms with van der Waals surface area (Å²) in [6, 6.07) is 9.54. The molecule has 0 spiro atoms. The van der Waals surface area contributed by atoms with Crippen LogP contribution in [0.25, 0.3) is 5.69 Å². The molecule has 1 aromatic carbocycles. The first-order valence-corrected chi connectivity index (χ1v) is 6.80. The van der Waals surface area contributed by atoms with E-state index in [1.807, 2.05) is 52.3 Å². The minimum Gasteiger partial charge on any atom is -0.480 e. The van der Waals surface area contributed by atoms with Gasteiger partial charge < -0.3 is 5.11 Å². The quantitative estimate of drug-likeness (QED) is 0.942. The van der Waals surface area contributed by atoms with Crippen LogP contribution in [0, 0.1) is 0 Å². The molecule has 0 radical (unpaired) electrons. The van der Waals surface area contributed by atoms with Crippen molar-refractivity contribution in [2.75, 3.05) is 6.54 Å². The Balaban J connectivity index is 0.00000161. The molecule has 0 aliphatic carbocycles. The molecule has 0 saturated carbocycles. The highest BCUT2D eigenvalue weighted by Crippen LogP contribution is 2.20.